The van der Waals surface area contributed by atoms with Gasteiger partial charge in [0.25, 0.3) is 5.91 Å². The molecule has 1 amide bonds. The molecule has 1 heterocycles. The van der Waals surface area contributed by atoms with Gasteiger partial charge in [0, 0.05) is 31.2 Å². The van der Waals surface area contributed by atoms with E-state index in [9.17, 15) is 4.79 Å². The molecule has 3 rings (SSSR count). The number of rotatable bonds is 6. The van der Waals surface area contributed by atoms with E-state index in [0.717, 1.165) is 5.56 Å². The maximum absolute atomic E-state index is 12.5. The van der Waals surface area contributed by atoms with Crippen LogP contribution in [0.1, 0.15) is 27.4 Å². The molecule has 0 unspecified atom stereocenters. The van der Waals surface area contributed by atoms with E-state index < -0.39 is 0 Å². The fourth-order valence-corrected chi connectivity index (χ4v) is 2.80. The molecule has 138 valence electrons. The molecule has 0 aliphatic carbocycles. The van der Waals surface area contributed by atoms with Gasteiger partial charge in [0.1, 0.15) is 17.3 Å². The lowest BCUT2D eigenvalue weighted by atomic mass is 10.2. The van der Waals surface area contributed by atoms with Crippen LogP contribution >= 0.6 is 11.6 Å². The lowest BCUT2D eigenvalue weighted by molar-refractivity contribution is 0.0945. The average molecular weight is 381 g/mol. The lowest BCUT2D eigenvalue weighted by Gasteiger charge is -2.19. The van der Waals surface area contributed by atoms with Crippen LogP contribution in [0.25, 0.3) is 0 Å². The first kappa shape index (κ1) is 18.9. The molecular formula is C21H21ClN4O. The van der Waals surface area contributed by atoms with Crippen LogP contribution in [0.15, 0.2) is 60.7 Å². The predicted molar refractivity (Wildman–Crippen MR) is 108 cm³/mol. The van der Waals surface area contributed by atoms with Crippen LogP contribution < -0.4 is 10.2 Å². The fourth-order valence-electron chi connectivity index (χ4n) is 2.68. The van der Waals surface area contributed by atoms with Crippen molar-refractivity contribution in [2.24, 2.45) is 0 Å². The number of nitrogens with zero attached hydrogens (tertiary/aromatic N) is 3. The second kappa shape index (κ2) is 8.64. The second-order valence-electron chi connectivity index (χ2n) is 6.31. The average Bonchev–Trinajstić information content (AvgIpc) is 2.67. The van der Waals surface area contributed by atoms with Gasteiger partial charge in [-0.15, -0.1) is 0 Å². The summed E-state index contributed by atoms with van der Waals surface area (Å²) in [4.78, 5) is 23.3. The zero-order chi connectivity index (χ0) is 19.2. The van der Waals surface area contributed by atoms with Gasteiger partial charge in [-0.3, -0.25) is 4.79 Å². The number of anilines is 1. The summed E-state index contributed by atoms with van der Waals surface area (Å²) >= 11 is 5.88. The Kier molecular flexibility index (Phi) is 6.04. The van der Waals surface area contributed by atoms with Crippen molar-refractivity contribution < 1.29 is 4.79 Å². The van der Waals surface area contributed by atoms with E-state index in [-0.39, 0.29) is 5.91 Å². The van der Waals surface area contributed by atoms with Crippen LogP contribution in [0, 0.1) is 6.92 Å². The Labute approximate surface area is 164 Å². The Morgan fingerprint density at radius 2 is 1.74 bits per heavy atom. The minimum absolute atomic E-state index is 0.232. The van der Waals surface area contributed by atoms with Crippen LogP contribution in [-0.2, 0) is 13.1 Å². The minimum Gasteiger partial charge on any atom is -0.355 e. The first-order valence-electron chi connectivity index (χ1n) is 8.64. The molecule has 0 saturated heterocycles. The Bertz CT molecular complexity index is 913. The Morgan fingerprint density at radius 3 is 2.44 bits per heavy atom. The highest BCUT2D eigenvalue weighted by Crippen LogP contribution is 2.15. The number of carbonyl (C=O) groups excluding carboxylic acids is 1. The summed E-state index contributed by atoms with van der Waals surface area (Å²) in [6.45, 7) is 2.90. The highest BCUT2D eigenvalue weighted by Gasteiger charge is 2.13. The van der Waals surface area contributed by atoms with Gasteiger partial charge in [0.05, 0.1) is 0 Å². The number of hydrogen-bond donors (Lipinski definition) is 1. The number of benzene rings is 2. The zero-order valence-electron chi connectivity index (χ0n) is 15.3. The van der Waals surface area contributed by atoms with E-state index in [4.69, 9.17) is 11.6 Å². The van der Waals surface area contributed by atoms with Gasteiger partial charge in [-0.05, 0) is 30.2 Å². The summed E-state index contributed by atoms with van der Waals surface area (Å²) in [6, 6.07) is 19.2. The van der Waals surface area contributed by atoms with Crippen molar-refractivity contribution in [3.63, 3.8) is 0 Å². The highest BCUT2D eigenvalue weighted by atomic mass is 35.5. The smallest absolute Gasteiger partial charge is 0.270 e. The number of hydrogen-bond acceptors (Lipinski definition) is 4. The van der Waals surface area contributed by atoms with Crippen molar-refractivity contribution in [3.8, 4) is 0 Å². The van der Waals surface area contributed by atoms with Crippen molar-refractivity contribution in [2.45, 2.75) is 20.0 Å². The number of aromatic nitrogens is 2. The third-order valence-electron chi connectivity index (χ3n) is 4.08. The SMILES string of the molecule is Cc1nc(C(=O)NCc2ccc(Cl)cc2)cc(N(C)Cc2ccccc2)n1. The maximum Gasteiger partial charge on any atom is 0.270 e. The van der Waals surface area contributed by atoms with Crippen LogP contribution in [0.5, 0.6) is 0 Å². The van der Waals surface area contributed by atoms with E-state index >= 15 is 0 Å². The monoisotopic (exact) mass is 380 g/mol. The van der Waals surface area contributed by atoms with Crippen LogP contribution in [0.2, 0.25) is 5.02 Å². The fraction of sp³-hybridized carbons (Fsp3) is 0.190. The molecule has 27 heavy (non-hydrogen) atoms. The van der Waals surface area contributed by atoms with Crippen molar-refractivity contribution >= 4 is 23.3 Å². The lowest BCUT2D eigenvalue weighted by Crippen LogP contribution is -2.25. The predicted octanol–water partition coefficient (Wildman–Crippen LogP) is 4.00. The molecule has 0 saturated carbocycles. The quantitative estimate of drug-likeness (QED) is 0.702. The summed E-state index contributed by atoms with van der Waals surface area (Å²) in [5, 5.41) is 3.56. The molecule has 0 bridgehead atoms. The summed E-state index contributed by atoms with van der Waals surface area (Å²) in [5.41, 5.74) is 2.50. The highest BCUT2D eigenvalue weighted by molar-refractivity contribution is 6.30. The largest absolute Gasteiger partial charge is 0.355 e. The Morgan fingerprint density at radius 1 is 1.04 bits per heavy atom. The van der Waals surface area contributed by atoms with Crippen molar-refractivity contribution in [1.29, 1.82) is 0 Å². The summed E-state index contributed by atoms with van der Waals surface area (Å²) in [6.07, 6.45) is 0. The number of carbonyl (C=O) groups is 1. The van der Waals surface area contributed by atoms with Gasteiger partial charge in [-0.25, -0.2) is 9.97 Å². The first-order valence-corrected chi connectivity index (χ1v) is 9.02. The van der Waals surface area contributed by atoms with Gasteiger partial charge in [-0.2, -0.15) is 0 Å². The van der Waals surface area contributed by atoms with Crippen LogP contribution in [-0.4, -0.2) is 22.9 Å². The van der Waals surface area contributed by atoms with Gasteiger partial charge < -0.3 is 10.2 Å². The van der Waals surface area contributed by atoms with E-state index in [0.29, 0.717) is 35.4 Å². The molecule has 1 aromatic heterocycles. The van der Waals surface area contributed by atoms with E-state index in [1.54, 1.807) is 25.1 Å². The zero-order valence-corrected chi connectivity index (χ0v) is 16.1. The normalized spacial score (nSPS) is 10.5. The Balaban J connectivity index is 1.70. The molecule has 3 aromatic rings. The third-order valence-corrected chi connectivity index (χ3v) is 4.33. The number of aryl methyl sites for hydroxylation is 1. The van der Waals surface area contributed by atoms with Crippen molar-refractivity contribution in [2.75, 3.05) is 11.9 Å². The minimum atomic E-state index is -0.232. The molecule has 2 aromatic carbocycles. The van der Waals surface area contributed by atoms with Gasteiger partial charge in [0.15, 0.2) is 0 Å². The molecule has 5 nitrogen and oxygen atoms in total. The summed E-state index contributed by atoms with van der Waals surface area (Å²) < 4.78 is 0. The number of halogens is 1. The molecule has 0 atom stereocenters. The molecule has 0 aliphatic rings. The first-order chi connectivity index (χ1) is 13.0. The topological polar surface area (TPSA) is 58.1 Å². The second-order valence-corrected chi connectivity index (χ2v) is 6.75. The van der Waals surface area contributed by atoms with Gasteiger partial charge in [0.2, 0.25) is 0 Å². The molecule has 1 N–H and O–H groups in total. The van der Waals surface area contributed by atoms with Crippen LogP contribution in [0.4, 0.5) is 5.82 Å². The third kappa shape index (κ3) is 5.28. The van der Waals surface area contributed by atoms with Crippen LogP contribution in [0.3, 0.4) is 0 Å². The molecule has 0 aliphatic heterocycles. The van der Waals surface area contributed by atoms with Crippen molar-refractivity contribution in [1.82, 2.24) is 15.3 Å². The van der Waals surface area contributed by atoms with E-state index in [2.05, 4.69) is 27.4 Å². The molecule has 0 spiro atoms. The standard InChI is InChI=1S/C21H21ClN4O/c1-15-24-19(21(27)23-13-16-8-10-18(22)11-9-16)12-20(25-15)26(2)14-17-6-4-3-5-7-17/h3-12H,13-14H2,1-2H3,(H,23,27). The molecule has 0 fully saturated rings. The van der Waals surface area contributed by atoms with Crippen molar-refractivity contribution in [3.05, 3.63) is 88.3 Å². The molecule has 0 radical (unpaired) electrons. The van der Waals surface area contributed by atoms with Gasteiger partial charge in [-0.1, -0.05) is 54.1 Å². The molecule has 6 heteroatoms. The molecular weight excluding hydrogens is 360 g/mol. The number of amides is 1. The number of nitrogens with one attached hydrogen (secondary N) is 1. The maximum atomic E-state index is 12.5. The summed E-state index contributed by atoms with van der Waals surface area (Å²) in [7, 11) is 1.95. The summed E-state index contributed by atoms with van der Waals surface area (Å²) in [5.74, 6) is 1.04. The van der Waals surface area contributed by atoms with E-state index in [1.165, 1.54) is 5.56 Å². The van der Waals surface area contributed by atoms with E-state index in [1.807, 2.05) is 42.3 Å². The van der Waals surface area contributed by atoms with Gasteiger partial charge >= 0.3 is 0 Å². The Hall–Kier alpha value is -2.92.